The standard InChI is InChI=1S/C20H27NO/c1-14-5-9-18(10-6-14)19(13-21)11-12-22-20-16(3)8-7-15(2)17(20)4/h5-10,19H,11-13,21H2,1-4H3. The zero-order valence-electron chi connectivity index (χ0n) is 14.1. The van der Waals surface area contributed by atoms with Crippen LogP contribution in [0.1, 0.15) is 40.2 Å². The van der Waals surface area contributed by atoms with Gasteiger partial charge in [0.25, 0.3) is 0 Å². The van der Waals surface area contributed by atoms with Crippen molar-refractivity contribution in [1.82, 2.24) is 0 Å². The van der Waals surface area contributed by atoms with Gasteiger partial charge in [-0.1, -0.05) is 42.0 Å². The average Bonchev–Trinajstić information content (AvgIpc) is 2.52. The van der Waals surface area contributed by atoms with Crippen LogP contribution in [0.4, 0.5) is 0 Å². The number of ether oxygens (including phenoxy) is 1. The summed E-state index contributed by atoms with van der Waals surface area (Å²) < 4.78 is 6.07. The molecule has 1 unspecified atom stereocenters. The van der Waals surface area contributed by atoms with E-state index in [-0.39, 0.29) is 0 Å². The Morgan fingerprint density at radius 1 is 0.909 bits per heavy atom. The number of benzene rings is 2. The molecule has 0 bridgehead atoms. The van der Waals surface area contributed by atoms with Crippen LogP contribution >= 0.6 is 0 Å². The summed E-state index contributed by atoms with van der Waals surface area (Å²) in [5.74, 6) is 1.38. The number of hydrogen-bond donors (Lipinski definition) is 1. The summed E-state index contributed by atoms with van der Waals surface area (Å²) in [7, 11) is 0. The molecule has 2 N–H and O–H groups in total. The van der Waals surface area contributed by atoms with Crippen molar-refractivity contribution in [1.29, 1.82) is 0 Å². The molecule has 0 spiro atoms. The summed E-state index contributed by atoms with van der Waals surface area (Å²) in [4.78, 5) is 0. The molecule has 2 heteroatoms. The molecular weight excluding hydrogens is 270 g/mol. The van der Waals surface area contributed by atoms with E-state index in [9.17, 15) is 0 Å². The second-order valence-corrected chi connectivity index (χ2v) is 6.13. The Labute approximate surface area is 134 Å². The van der Waals surface area contributed by atoms with Crippen molar-refractivity contribution >= 4 is 0 Å². The molecule has 22 heavy (non-hydrogen) atoms. The topological polar surface area (TPSA) is 35.2 Å². The van der Waals surface area contributed by atoms with Gasteiger partial charge in [-0.2, -0.15) is 0 Å². The first-order chi connectivity index (χ1) is 10.5. The van der Waals surface area contributed by atoms with Crippen LogP contribution in [0.15, 0.2) is 36.4 Å². The highest BCUT2D eigenvalue weighted by Crippen LogP contribution is 2.27. The van der Waals surface area contributed by atoms with E-state index in [1.807, 2.05) is 0 Å². The molecule has 0 radical (unpaired) electrons. The van der Waals surface area contributed by atoms with Gasteiger partial charge in [-0.05, 0) is 68.8 Å². The van der Waals surface area contributed by atoms with Gasteiger partial charge in [-0.15, -0.1) is 0 Å². The number of rotatable bonds is 6. The van der Waals surface area contributed by atoms with E-state index < -0.39 is 0 Å². The van der Waals surface area contributed by atoms with Gasteiger partial charge < -0.3 is 10.5 Å². The van der Waals surface area contributed by atoms with E-state index in [4.69, 9.17) is 10.5 Å². The predicted octanol–water partition coefficient (Wildman–Crippen LogP) is 4.43. The highest BCUT2D eigenvalue weighted by atomic mass is 16.5. The van der Waals surface area contributed by atoms with E-state index in [0.717, 1.165) is 12.2 Å². The summed E-state index contributed by atoms with van der Waals surface area (Å²) in [5, 5.41) is 0. The molecule has 2 rings (SSSR count). The zero-order valence-corrected chi connectivity index (χ0v) is 14.1. The van der Waals surface area contributed by atoms with Gasteiger partial charge in [0, 0.05) is 0 Å². The van der Waals surface area contributed by atoms with E-state index in [0.29, 0.717) is 19.1 Å². The Kier molecular flexibility index (Phi) is 5.62. The molecule has 0 aliphatic rings. The van der Waals surface area contributed by atoms with Crippen molar-refractivity contribution in [2.24, 2.45) is 5.73 Å². The molecule has 2 aromatic rings. The largest absolute Gasteiger partial charge is 0.493 e. The van der Waals surface area contributed by atoms with Gasteiger partial charge in [0.05, 0.1) is 6.61 Å². The maximum Gasteiger partial charge on any atom is 0.125 e. The molecule has 118 valence electrons. The minimum Gasteiger partial charge on any atom is -0.493 e. The average molecular weight is 297 g/mol. The van der Waals surface area contributed by atoms with Crippen molar-refractivity contribution in [2.75, 3.05) is 13.2 Å². The number of nitrogens with two attached hydrogens (primary N) is 1. The van der Waals surface area contributed by atoms with E-state index in [1.165, 1.54) is 27.8 Å². The summed E-state index contributed by atoms with van der Waals surface area (Å²) in [5.41, 5.74) is 12.2. The van der Waals surface area contributed by atoms with Crippen molar-refractivity contribution in [3.8, 4) is 5.75 Å². The number of hydrogen-bond acceptors (Lipinski definition) is 2. The fraction of sp³-hybridized carbons (Fsp3) is 0.400. The molecule has 0 saturated heterocycles. The van der Waals surface area contributed by atoms with Crippen LogP contribution in [-0.4, -0.2) is 13.2 Å². The maximum absolute atomic E-state index is 6.07. The highest BCUT2D eigenvalue weighted by Gasteiger charge is 2.11. The van der Waals surface area contributed by atoms with Crippen LogP contribution in [-0.2, 0) is 0 Å². The molecule has 1 atom stereocenters. The van der Waals surface area contributed by atoms with Crippen LogP contribution < -0.4 is 10.5 Å². The SMILES string of the molecule is Cc1ccc(C(CN)CCOc2c(C)ccc(C)c2C)cc1. The van der Waals surface area contributed by atoms with Crippen LogP contribution in [0.25, 0.3) is 0 Å². The smallest absolute Gasteiger partial charge is 0.125 e. The summed E-state index contributed by atoms with van der Waals surface area (Å²) in [6.45, 7) is 9.80. The second kappa shape index (κ2) is 7.46. The lowest BCUT2D eigenvalue weighted by atomic mass is 9.95. The fourth-order valence-electron chi connectivity index (χ4n) is 2.71. The molecule has 2 nitrogen and oxygen atoms in total. The van der Waals surface area contributed by atoms with Crippen LogP contribution in [0.5, 0.6) is 5.75 Å². The first kappa shape index (κ1) is 16.6. The first-order valence-corrected chi connectivity index (χ1v) is 7.99. The molecular formula is C20H27NO. The molecule has 0 amide bonds. The Morgan fingerprint density at radius 2 is 1.55 bits per heavy atom. The van der Waals surface area contributed by atoms with Gasteiger partial charge in [0.1, 0.15) is 5.75 Å². The third kappa shape index (κ3) is 3.89. The van der Waals surface area contributed by atoms with Gasteiger partial charge >= 0.3 is 0 Å². The quantitative estimate of drug-likeness (QED) is 0.856. The van der Waals surface area contributed by atoms with Gasteiger partial charge in [0.15, 0.2) is 0 Å². The minimum atomic E-state index is 0.353. The predicted molar refractivity (Wildman–Crippen MR) is 93.7 cm³/mol. The first-order valence-electron chi connectivity index (χ1n) is 7.99. The van der Waals surface area contributed by atoms with Gasteiger partial charge in [0.2, 0.25) is 0 Å². The molecule has 0 aliphatic carbocycles. The zero-order chi connectivity index (χ0) is 16.1. The second-order valence-electron chi connectivity index (χ2n) is 6.13. The van der Waals surface area contributed by atoms with Crippen LogP contribution in [0.3, 0.4) is 0 Å². The molecule has 0 fully saturated rings. The molecule has 2 aromatic carbocycles. The third-order valence-electron chi connectivity index (χ3n) is 4.42. The van der Waals surface area contributed by atoms with Crippen molar-refractivity contribution in [2.45, 2.75) is 40.0 Å². The van der Waals surface area contributed by atoms with Crippen molar-refractivity contribution in [3.05, 3.63) is 64.2 Å². The lowest BCUT2D eigenvalue weighted by Gasteiger charge is -2.18. The monoisotopic (exact) mass is 297 g/mol. The minimum absolute atomic E-state index is 0.353. The van der Waals surface area contributed by atoms with Crippen LogP contribution in [0.2, 0.25) is 0 Å². The Balaban J connectivity index is 2.00. The van der Waals surface area contributed by atoms with Crippen molar-refractivity contribution < 1.29 is 4.74 Å². The van der Waals surface area contributed by atoms with Gasteiger partial charge in [-0.3, -0.25) is 0 Å². The summed E-state index contributed by atoms with van der Waals surface area (Å²) in [6, 6.07) is 12.9. The molecule has 0 saturated carbocycles. The summed E-state index contributed by atoms with van der Waals surface area (Å²) >= 11 is 0. The fourth-order valence-corrected chi connectivity index (χ4v) is 2.71. The van der Waals surface area contributed by atoms with E-state index in [2.05, 4.69) is 64.1 Å². The lowest BCUT2D eigenvalue weighted by molar-refractivity contribution is 0.294. The third-order valence-corrected chi connectivity index (χ3v) is 4.42. The Morgan fingerprint density at radius 3 is 2.18 bits per heavy atom. The van der Waals surface area contributed by atoms with E-state index in [1.54, 1.807) is 0 Å². The van der Waals surface area contributed by atoms with Gasteiger partial charge in [-0.25, -0.2) is 0 Å². The maximum atomic E-state index is 6.07. The molecule has 0 aromatic heterocycles. The Hall–Kier alpha value is -1.80. The van der Waals surface area contributed by atoms with Crippen LogP contribution in [0, 0.1) is 27.7 Å². The Bertz CT molecular complexity index is 616. The molecule has 0 heterocycles. The van der Waals surface area contributed by atoms with Crippen molar-refractivity contribution in [3.63, 3.8) is 0 Å². The normalized spacial score (nSPS) is 12.2. The number of aryl methyl sites for hydroxylation is 3. The lowest BCUT2D eigenvalue weighted by Crippen LogP contribution is -2.16. The molecule has 0 aliphatic heterocycles. The summed E-state index contributed by atoms with van der Waals surface area (Å²) in [6.07, 6.45) is 0.937. The van der Waals surface area contributed by atoms with E-state index >= 15 is 0 Å². The highest BCUT2D eigenvalue weighted by molar-refractivity contribution is 5.44.